The summed E-state index contributed by atoms with van der Waals surface area (Å²) in [5, 5.41) is 8.06. The smallest absolute Gasteiger partial charge is 0.176 e. The van der Waals surface area contributed by atoms with E-state index in [4.69, 9.17) is 14.0 Å². The van der Waals surface area contributed by atoms with E-state index in [0.29, 0.717) is 22.8 Å². The summed E-state index contributed by atoms with van der Waals surface area (Å²) in [7, 11) is 4.94. The van der Waals surface area contributed by atoms with Crippen LogP contribution in [0.1, 0.15) is 16.1 Å². The maximum atomic E-state index is 13.0. The van der Waals surface area contributed by atoms with Crippen molar-refractivity contribution in [3.8, 4) is 28.3 Å². The number of fused-ring (bicyclic) bond motifs is 1. The molecule has 0 aliphatic carbocycles. The molecule has 0 N–H and O–H groups in total. The zero-order valence-electron chi connectivity index (χ0n) is 18.3. The van der Waals surface area contributed by atoms with Crippen molar-refractivity contribution >= 4 is 16.8 Å². The normalized spacial score (nSPS) is 11.1. The molecule has 0 saturated heterocycles. The van der Waals surface area contributed by atoms with Crippen molar-refractivity contribution in [2.24, 2.45) is 7.05 Å². The zero-order chi connectivity index (χ0) is 22.9. The number of ketones is 1. The molecule has 0 aliphatic rings. The van der Waals surface area contributed by atoms with E-state index in [1.165, 1.54) is 20.5 Å². The van der Waals surface area contributed by atoms with Gasteiger partial charge in [0.05, 0.1) is 49.3 Å². The predicted octanol–water partition coefficient (Wildman–Crippen LogP) is 3.86. The Morgan fingerprint density at radius 1 is 1.06 bits per heavy atom. The molecule has 3 heterocycles. The first-order chi connectivity index (χ1) is 16.1. The highest BCUT2D eigenvalue weighted by atomic mass is 16.5. The summed E-state index contributed by atoms with van der Waals surface area (Å²) < 4.78 is 19.7. The van der Waals surface area contributed by atoms with E-state index in [2.05, 4.69) is 15.2 Å². The summed E-state index contributed by atoms with van der Waals surface area (Å²) >= 11 is 0. The molecular weight excluding hydrogens is 422 g/mol. The third-order valence-electron chi connectivity index (χ3n) is 5.47. The maximum absolute atomic E-state index is 13.0. The molecule has 2 aromatic carbocycles. The second kappa shape index (κ2) is 8.27. The van der Waals surface area contributed by atoms with Gasteiger partial charge in [-0.15, -0.1) is 0 Å². The topological polar surface area (TPSA) is 97.2 Å². The average molecular weight is 443 g/mol. The highest BCUT2D eigenvalue weighted by Gasteiger charge is 2.22. The van der Waals surface area contributed by atoms with Crippen LogP contribution in [0.5, 0.6) is 11.5 Å². The fraction of sp³-hybridized carbons (Fsp3) is 0.167. The van der Waals surface area contributed by atoms with Gasteiger partial charge < -0.3 is 14.0 Å². The summed E-state index contributed by atoms with van der Waals surface area (Å²) in [6, 6.07) is 11.3. The first kappa shape index (κ1) is 20.5. The van der Waals surface area contributed by atoms with E-state index in [1.807, 2.05) is 42.2 Å². The van der Waals surface area contributed by atoms with Gasteiger partial charge in [-0.3, -0.25) is 14.0 Å². The lowest BCUT2D eigenvalue weighted by Gasteiger charge is -2.15. The Bertz CT molecular complexity index is 1420. The van der Waals surface area contributed by atoms with Crippen LogP contribution in [-0.2, 0) is 13.5 Å². The number of carbonyl (C=O) groups excluding carboxylic acids is 1. The molecule has 0 amide bonds. The van der Waals surface area contributed by atoms with Crippen molar-refractivity contribution in [3.05, 3.63) is 72.6 Å². The van der Waals surface area contributed by atoms with Crippen LogP contribution in [0.3, 0.4) is 0 Å². The average Bonchev–Trinajstić information content (AvgIpc) is 3.58. The number of aryl methyl sites for hydroxylation is 1. The Kier molecular flexibility index (Phi) is 5.14. The fourth-order valence-electron chi connectivity index (χ4n) is 3.86. The van der Waals surface area contributed by atoms with E-state index < -0.39 is 0 Å². The molecular formula is C24H21N5O4. The van der Waals surface area contributed by atoms with Crippen LogP contribution in [0.4, 0.5) is 0 Å². The highest BCUT2D eigenvalue weighted by molar-refractivity contribution is 6.02. The fourth-order valence-corrected chi connectivity index (χ4v) is 3.86. The molecule has 9 heteroatoms. The van der Waals surface area contributed by atoms with Gasteiger partial charge in [0.2, 0.25) is 0 Å². The molecule has 0 unspecified atom stereocenters. The number of rotatable bonds is 7. The molecule has 5 rings (SSSR count). The monoisotopic (exact) mass is 443 g/mol. The van der Waals surface area contributed by atoms with Gasteiger partial charge >= 0.3 is 0 Å². The summed E-state index contributed by atoms with van der Waals surface area (Å²) in [5.41, 5.74) is 5.46. The molecule has 0 fully saturated rings. The number of benzene rings is 2. The Labute approximate surface area is 189 Å². The number of Topliss-reactive ketones (excluding diaryl/α,β-unsaturated/α-hetero) is 1. The molecule has 5 aromatic rings. The maximum Gasteiger partial charge on any atom is 0.176 e. The molecule has 166 valence electrons. The van der Waals surface area contributed by atoms with Crippen LogP contribution in [0, 0.1) is 0 Å². The van der Waals surface area contributed by atoms with Gasteiger partial charge in [-0.1, -0.05) is 11.2 Å². The zero-order valence-corrected chi connectivity index (χ0v) is 18.3. The number of nitrogens with zero attached hydrogens (tertiary/aromatic N) is 5. The second-order valence-corrected chi connectivity index (χ2v) is 7.54. The Balaban J connectivity index is 1.55. The van der Waals surface area contributed by atoms with Gasteiger partial charge in [-0.05, 0) is 17.7 Å². The van der Waals surface area contributed by atoms with Crippen LogP contribution >= 0.6 is 0 Å². The number of methoxy groups -OCH3 is 2. The van der Waals surface area contributed by atoms with Crippen molar-refractivity contribution < 1.29 is 18.8 Å². The van der Waals surface area contributed by atoms with Crippen LogP contribution in [0.25, 0.3) is 27.8 Å². The number of carbonyl (C=O) groups is 1. The standard InChI is InChI=1S/C24H21N5O4/c1-28-13-16(12-26-28)15-4-5-20-19(8-15)25-14-29(20)18-10-22(31-2)24(23(11-18)32-3)21(30)9-17-6-7-33-27-17/h4-8,10-14H,9H2,1-3H3. The van der Waals surface area contributed by atoms with Crippen LogP contribution in [-0.4, -0.2) is 44.5 Å². The number of hydrogen-bond acceptors (Lipinski definition) is 7. The van der Waals surface area contributed by atoms with E-state index in [1.54, 1.807) is 29.2 Å². The molecule has 9 nitrogen and oxygen atoms in total. The highest BCUT2D eigenvalue weighted by Crippen LogP contribution is 2.35. The van der Waals surface area contributed by atoms with Crippen LogP contribution < -0.4 is 9.47 Å². The lowest BCUT2D eigenvalue weighted by atomic mass is 10.0. The lowest BCUT2D eigenvalue weighted by Crippen LogP contribution is -2.09. The van der Waals surface area contributed by atoms with Gasteiger partial charge in [0.25, 0.3) is 0 Å². The quantitative estimate of drug-likeness (QED) is 0.352. The molecule has 0 bridgehead atoms. The van der Waals surface area contributed by atoms with Crippen LogP contribution in [0.2, 0.25) is 0 Å². The molecule has 0 atom stereocenters. The van der Waals surface area contributed by atoms with E-state index >= 15 is 0 Å². The second-order valence-electron chi connectivity index (χ2n) is 7.54. The Hall–Kier alpha value is -4.40. The third kappa shape index (κ3) is 3.73. The Morgan fingerprint density at radius 2 is 1.85 bits per heavy atom. The van der Waals surface area contributed by atoms with Crippen LogP contribution in [0.15, 0.2) is 65.9 Å². The SMILES string of the molecule is COc1cc(-n2cnc3cc(-c4cnn(C)c4)ccc32)cc(OC)c1C(=O)Cc1ccon1. The molecule has 0 radical (unpaired) electrons. The van der Waals surface area contributed by atoms with E-state index in [-0.39, 0.29) is 12.2 Å². The molecule has 33 heavy (non-hydrogen) atoms. The minimum absolute atomic E-state index is 0.0771. The van der Waals surface area contributed by atoms with Crippen molar-refractivity contribution in [2.45, 2.75) is 6.42 Å². The van der Waals surface area contributed by atoms with E-state index in [9.17, 15) is 4.79 Å². The van der Waals surface area contributed by atoms with Gasteiger partial charge in [0, 0.05) is 37.0 Å². The summed E-state index contributed by atoms with van der Waals surface area (Å²) in [6.45, 7) is 0. The summed E-state index contributed by atoms with van der Waals surface area (Å²) in [5.74, 6) is 0.638. The minimum Gasteiger partial charge on any atom is -0.496 e. The lowest BCUT2D eigenvalue weighted by molar-refractivity contribution is 0.0984. The summed E-state index contributed by atoms with van der Waals surface area (Å²) in [4.78, 5) is 17.6. The first-order valence-corrected chi connectivity index (χ1v) is 10.2. The number of aromatic nitrogens is 5. The predicted molar refractivity (Wildman–Crippen MR) is 121 cm³/mol. The van der Waals surface area contributed by atoms with Gasteiger partial charge in [-0.25, -0.2) is 4.98 Å². The van der Waals surface area contributed by atoms with E-state index in [0.717, 1.165) is 27.8 Å². The number of hydrogen-bond donors (Lipinski definition) is 0. The van der Waals surface area contributed by atoms with Crippen molar-refractivity contribution in [3.63, 3.8) is 0 Å². The molecule has 0 saturated carbocycles. The van der Waals surface area contributed by atoms with Gasteiger partial charge in [0.1, 0.15) is 29.7 Å². The molecule has 3 aromatic heterocycles. The molecule has 0 aliphatic heterocycles. The number of imidazole rings is 1. The minimum atomic E-state index is -0.180. The van der Waals surface area contributed by atoms with Crippen molar-refractivity contribution in [2.75, 3.05) is 14.2 Å². The third-order valence-corrected chi connectivity index (χ3v) is 5.47. The van der Waals surface area contributed by atoms with Crippen molar-refractivity contribution in [1.29, 1.82) is 0 Å². The molecule has 0 spiro atoms. The van der Waals surface area contributed by atoms with Crippen molar-refractivity contribution in [1.82, 2.24) is 24.5 Å². The van der Waals surface area contributed by atoms with Gasteiger partial charge in [0.15, 0.2) is 5.78 Å². The summed E-state index contributed by atoms with van der Waals surface area (Å²) in [6.07, 6.45) is 7.03. The first-order valence-electron chi connectivity index (χ1n) is 10.2. The Morgan fingerprint density at radius 3 is 2.48 bits per heavy atom. The largest absolute Gasteiger partial charge is 0.496 e. The van der Waals surface area contributed by atoms with Gasteiger partial charge in [-0.2, -0.15) is 5.10 Å². The number of ether oxygens (including phenoxy) is 2.